The van der Waals surface area contributed by atoms with Crippen molar-refractivity contribution >= 4 is 17.3 Å². The van der Waals surface area contributed by atoms with E-state index in [9.17, 15) is 4.39 Å². The van der Waals surface area contributed by atoms with Gasteiger partial charge in [0.15, 0.2) is 0 Å². The molecule has 0 radical (unpaired) electrons. The molecule has 25 heavy (non-hydrogen) atoms. The molecule has 1 fully saturated rings. The number of fused-ring (bicyclic) bond motifs is 3. The van der Waals surface area contributed by atoms with E-state index in [1.165, 1.54) is 23.2 Å². The van der Waals surface area contributed by atoms with Gasteiger partial charge in [-0.15, -0.1) is 0 Å². The maximum Gasteiger partial charge on any atom is 0.123 e. The fourth-order valence-corrected chi connectivity index (χ4v) is 4.62. The third kappa shape index (κ3) is 3.40. The summed E-state index contributed by atoms with van der Waals surface area (Å²) < 4.78 is 13.0. The van der Waals surface area contributed by atoms with Crippen molar-refractivity contribution in [2.75, 3.05) is 31.6 Å². The first-order valence-electron chi connectivity index (χ1n) is 9.11. The van der Waals surface area contributed by atoms with E-state index >= 15 is 0 Å². The summed E-state index contributed by atoms with van der Waals surface area (Å²) in [5.74, 6) is 0.390. The molecule has 0 aromatic heterocycles. The molecular weight excluding hydrogens is 335 g/mol. The average molecular weight is 359 g/mol. The lowest BCUT2D eigenvalue weighted by Crippen LogP contribution is -2.45. The number of benzene rings is 2. The Morgan fingerprint density at radius 3 is 2.76 bits per heavy atom. The standard InChI is InChI=1S/C21H24ClFN2/c1-24-12-10-21-19(14-24)18-13-16(22)6-9-20(18)25(21)11-2-3-15-4-7-17(23)8-5-15/h4-9,13,19,21H,2-3,10-12,14H2,1H3. The van der Waals surface area contributed by atoms with Crippen molar-refractivity contribution in [3.05, 3.63) is 64.4 Å². The third-order valence-corrected chi connectivity index (χ3v) is 5.89. The first-order chi connectivity index (χ1) is 12.1. The van der Waals surface area contributed by atoms with E-state index < -0.39 is 0 Å². The Labute approximate surface area is 154 Å². The number of nitrogens with zero attached hydrogens (tertiary/aromatic N) is 2. The van der Waals surface area contributed by atoms with E-state index in [4.69, 9.17) is 11.6 Å². The van der Waals surface area contributed by atoms with Crippen LogP contribution < -0.4 is 4.90 Å². The van der Waals surface area contributed by atoms with Crippen LogP contribution in [0.15, 0.2) is 42.5 Å². The molecule has 2 nitrogen and oxygen atoms in total. The Hall–Kier alpha value is -1.58. The molecule has 2 unspecified atom stereocenters. The highest BCUT2D eigenvalue weighted by Gasteiger charge is 2.40. The number of likely N-dealkylation sites (tertiary alicyclic amines) is 1. The number of rotatable bonds is 4. The Bertz CT molecular complexity index is 746. The Balaban J connectivity index is 1.49. The number of hydrogen-bond donors (Lipinski definition) is 0. The Morgan fingerprint density at radius 1 is 1.16 bits per heavy atom. The van der Waals surface area contributed by atoms with Crippen molar-refractivity contribution in [1.29, 1.82) is 0 Å². The highest BCUT2D eigenvalue weighted by Crippen LogP contribution is 2.45. The topological polar surface area (TPSA) is 6.48 Å². The predicted molar refractivity (Wildman–Crippen MR) is 102 cm³/mol. The normalized spacial score (nSPS) is 22.8. The molecule has 2 aliphatic heterocycles. The molecule has 0 spiro atoms. The SMILES string of the molecule is CN1CCC2C(C1)c1cc(Cl)ccc1N2CCCc1ccc(F)cc1. The van der Waals surface area contributed by atoms with Gasteiger partial charge in [0.05, 0.1) is 0 Å². The molecule has 0 amide bonds. The van der Waals surface area contributed by atoms with Gasteiger partial charge in [-0.3, -0.25) is 0 Å². The predicted octanol–water partition coefficient (Wildman–Crippen LogP) is 4.72. The zero-order valence-electron chi connectivity index (χ0n) is 14.6. The lowest BCUT2D eigenvalue weighted by atomic mass is 9.89. The molecule has 2 aromatic carbocycles. The summed E-state index contributed by atoms with van der Waals surface area (Å²) >= 11 is 6.27. The largest absolute Gasteiger partial charge is 0.368 e. The number of piperidine rings is 1. The van der Waals surface area contributed by atoms with E-state index in [0.717, 1.165) is 37.5 Å². The lowest BCUT2D eigenvalue weighted by molar-refractivity contribution is 0.231. The zero-order chi connectivity index (χ0) is 17.4. The number of likely N-dealkylation sites (N-methyl/N-ethyl adjacent to an activating group) is 1. The zero-order valence-corrected chi connectivity index (χ0v) is 15.3. The van der Waals surface area contributed by atoms with Crippen LogP contribution in [-0.2, 0) is 6.42 Å². The minimum Gasteiger partial charge on any atom is -0.368 e. The van der Waals surface area contributed by atoms with Gasteiger partial charge in [0, 0.05) is 35.8 Å². The van der Waals surface area contributed by atoms with Crippen LogP contribution in [0.2, 0.25) is 5.02 Å². The van der Waals surface area contributed by atoms with Crippen molar-refractivity contribution in [3.8, 4) is 0 Å². The monoisotopic (exact) mass is 358 g/mol. The summed E-state index contributed by atoms with van der Waals surface area (Å²) in [5.41, 5.74) is 3.97. The van der Waals surface area contributed by atoms with Gasteiger partial charge in [0.1, 0.15) is 5.82 Å². The molecule has 1 saturated heterocycles. The molecule has 2 aliphatic rings. The summed E-state index contributed by atoms with van der Waals surface area (Å²) in [6.45, 7) is 3.29. The van der Waals surface area contributed by atoms with E-state index in [2.05, 4.69) is 29.0 Å². The second kappa shape index (κ2) is 6.97. The van der Waals surface area contributed by atoms with Crippen molar-refractivity contribution in [2.45, 2.75) is 31.2 Å². The first-order valence-corrected chi connectivity index (χ1v) is 9.49. The van der Waals surface area contributed by atoms with Crippen LogP contribution in [0.4, 0.5) is 10.1 Å². The van der Waals surface area contributed by atoms with Gasteiger partial charge in [0.25, 0.3) is 0 Å². The lowest BCUT2D eigenvalue weighted by Gasteiger charge is -2.37. The molecule has 0 bridgehead atoms. The van der Waals surface area contributed by atoms with E-state index in [-0.39, 0.29) is 5.82 Å². The molecular formula is C21H24ClFN2. The van der Waals surface area contributed by atoms with Gasteiger partial charge in [0.2, 0.25) is 0 Å². The van der Waals surface area contributed by atoms with Gasteiger partial charge in [-0.2, -0.15) is 0 Å². The number of halogens is 2. The molecule has 132 valence electrons. The third-order valence-electron chi connectivity index (χ3n) is 5.66. The molecule has 0 saturated carbocycles. The minimum atomic E-state index is -0.164. The molecule has 2 aromatic rings. The van der Waals surface area contributed by atoms with Crippen molar-refractivity contribution in [1.82, 2.24) is 4.90 Å². The van der Waals surface area contributed by atoms with Gasteiger partial charge >= 0.3 is 0 Å². The molecule has 2 heterocycles. The summed E-state index contributed by atoms with van der Waals surface area (Å²) in [4.78, 5) is 5.01. The number of anilines is 1. The smallest absolute Gasteiger partial charge is 0.123 e. The molecule has 0 N–H and O–H groups in total. The second-order valence-electron chi connectivity index (χ2n) is 7.35. The average Bonchev–Trinajstić information content (AvgIpc) is 2.89. The maximum atomic E-state index is 13.0. The van der Waals surface area contributed by atoms with Gasteiger partial charge in [-0.25, -0.2) is 4.39 Å². The fraction of sp³-hybridized carbons (Fsp3) is 0.429. The van der Waals surface area contributed by atoms with E-state index in [1.807, 2.05) is 18.2 Å². The van der Waals surface area contributed by atoms with Crippen LogP contribution in [0.3, 0.4) is 0 Å². The van der Waals surface area contributed by atoms with Gasteiger partial charge in [-0.05, 0) is 74.3 Å². The highest BCUT2D eigenvalue weighted by molar-refractivity contribution is 6.30. The highest BCUT2D eigenvalue weighted by atomic mass is 35.5. The van der Waals surface area contributed by atoms with Crippen LogP contribution in [0.5, 0.6) is 0 Å². The molecule has 0 aliphatic carbocycles. The van der Waals surface area contributed by atoms with Crippen molar-refractivity contribution in [3.63, 3.8) is 0 Å². The van der Waals surface area contributed by atoms with Crippen molar-refractivity contribution in [2.24, 2.45) is 0 Å². The Morgan fingerprint density at radius 2 is 1.96 bits per heavy atom. The first kappa shape index (κ1) is 16.9. The van der Waals surface area contributed by atoms with Crippen LogP contribution in [0.1, 0.15) is 29.9 Å². The molecule has 4 rings (SSSR count). The second-order valence-corrected chi connectivity index (χ2v) is 7.79. The van der Waals surface area contributed by atoms with Crippen molar-refractivity contribution < 1.29 is 4.39 Å². The summed E-state index contributed by atoms with van der Waals surface area (Å²) in [6, 6.07) is 13.8. The summed E-state index contributed by atoms with van der Waals surface area (Å²) in [5, 5.41) is 0.832. The minimum absolute atomic E-state index is 0.164. The quantitative estimate of drug-likeness (QED) is 0.780. The van der Waals surface area contributed by atoms with E-state index in [0.29, 0.717) is 12.0 Å². The van der Waals surface area contributed by atoms with E-state index in [1.54, 1.807) is 12.1 Å². The number of hydrogen-bond acceptors (Lipinski definition) is 2. The summed E-state index contributed by atoms with van der Waals surface area (Å²) in [6.07, 6.45) is 3.26. The van der Waals surface area contributed by atoms with Gasteiger partial charge in [-0.1, -0.05) is 23.7 Å². The van der Waals surface area contributed by atoms with Crippen LogP contribution in [-0.4, -0.2) is 37.6 Å². The Kier molecular flexibility index (Phi) is 4.70. The maximum absolute atomic E-state index is 13.0. The number of aryl methyl sites for hydroxylation is 1. The van der Waals surface area contributed by atoms with Gasteiger partial charge < -0.3 is 9.80 Å². The van der Waals surface area contributed by atoms with Crippen LogP contribution in [0.25, 0.3) is 0 Å². The fourth-order valence-electron chi connectivity index (χ4n) is 4.43. The summed E-state index contributed by atoms with van der Waals surface area (Å²) in [7, 11) is 2.21. The molecule has 2 atom stereocenters. The van der Waals surface area contributed by atoms with Crippen LogP contribution in [0, 0.1) is 5.82 Å². The van der Waals surface area contributed by atoms with Crippen LogP contribution >= 0.6 is 11.6 Å². The molecule has 4 heteroatoms.